The van der Waals surface area contributed by atoms with Crippen molar-refractivity contribution in [3.63, 3.8) is 0 Å². The number of carbonyl (C=O) groups excluding carboxylic acids is 1. The SMILES string of the molecule is CC[C@@H](C)n1c(SCC(=O)Nc2c(C)cccc2Cl)nc2cc(C)[nH]c2c1=O. The molecule has 6 nitrogen and oxygen atoms in total. The number of thioether (sulfide) groups is 1. The lowest BCUT2D eigenvalue weighted by Gasteiger charge is -2.17. The van der Waals surface area contributed by atoms with Gasteiger partial charge >= 0.3 is 0 Å². The molecule has 28 heavy (non-hydrogen) atoms. The highest BCUT2D eigenvalue weighted by Crippen LogP contribution is 2.26. The summed E-state index contributed by atoms with van der Waals surface area (Å²) < 4.78 is 1.66. The van der Waals surface area contributed by atoms with Gasteiger partial charge in [0.25, 0.3) is 5.56 Å². The molecule has 0 aliphatic carbocycles. The maximum atomic E-state index is 12.9. The fraction of sp³-hybridized carbons (Fsp3) is 0.350. The second kappa shape index (κ2) is 8.41. The molecule has 148 valence electrons. The number of H-pyrrole nitrogens is 1. The average molecular weight is 419 g/mol. The fourth-order valence-electron chi connectivity index (χ4n) is 2.96. The van der Waals surface area contributed by atoms with Crippen molar-refractivity contribution in [1.82, 2.24) is 14.5 Å². The summed E-state index contributed by atoms with van der Waals surface area (Å²) in [5, 5.41) is 3.89. The molecule has 1 aromatic carbocycles. The summed E-state index contributed by atoms with van der Waals surface area (Å²) >= 11 is 7.43. The van der Waals surface area contributed by atoms with E-state index in [1.807, 2.05) is 45.9 Å². The van der Waals surface area contributed by atoms with E-state index in [0.717, 1.165) is 17.7 Å². The number of aryl methyl sites for hydroxylation is 2. The second-order valence-electron chi connectivity index (χ2n) is 6.81. The Bertz CT molecular complexity index is 1070. The number of amides is 1. The first-order valence-corrected chi connectivity index (χ1v) is 10.5. The number of hydrogen-bond donors (Lipinski definition) is 2. The number of fused-ring (bicyclic) bond motifs is 1. The van der Waals surface area contributed by atoms with Crippen molar-refractivity contribution in [3.05, 3.63) is 50.9 Å². The number of hydrogen-bond acceptors (Lipinski definition) is 4. The molecule has 1 amide bonds. The molecule has 0 fully saturated rings. The van der Waals surface area contributed by atoms with E-state index in [4.69, 9.17) is 11.6 Å². The minimum Gasteiger partial charge on any atom is -0.353 e. The normalized spacial score (nSPS) is 12.3. The molecule has 3 rings (SSSR count). The van der Waals surface area contributed by atoms with E-state index in [0.29, 0.717) is 26.9 Å². The third-order valence-corrected chi connectivity index (χ3v) is 5.90. The van der Waals surface area contributed by atoms with Crippen LogP contribution in [0.5, 0.6) is 0 Å². The molecule has 2 N–H and O–H groups in total. The van der Waals surface area contributed by atoms with Crippen LogP contribution < -0.4 is 10.9 Å². The highest BCUT2D eigenvalue weighted by molar-refractivity contribution is 7.99. The predicted molar refractivity (Wildman–Crippen MR) is 116 cm³/mol. The molecule has 0 unspecified atom stereocenters. The van der Waals surface area contributed by atoms with E-state index >= 15 is 0 Å². The van der Waals surface area contributed by atoms with E-state index in [1.54, 1.807) is 10.6 Å². The Morgan fingerprint density at radius 1 is 1.39 bits per heavy atom. The average Bonchev–Trinajstić information content (AvgIpc) is 3.03. The third-order valence-electron chi connectivity index (χ3n) is 4.64. The predicted octanol–water partition coefficient (Wildman–Crippen LogP) is 4.70. The Kier molecular flexibility index (Phi) is 6.15. The van der Waals surface area contributed by atoms with Crippen molar-refractivity contribution in [1.29, 1.82) is 0 Å². The highest BCUT2D eigenvalue weighted by atomic mass is 35.5. The molecular weight excluding hydrogens is 396 g/mol. The molecule has 0 aliphatic rings. The van der Waals surface area contributed by atoms with Gasteiger partial charge in [-0.15, -0.1) is 0 Å². The number of benzene rings is 1. The van der Waals surface area contributed by atoms with Crippen molar-refractivity contribution in [2.24, 2.45) is 0 Å². The van der Waals surface area contributed by atoms with Gasteiger partial charge in [-0.3, -0.25) is 14.2 Å². The number of rotatable bonds is 6. The zero-order valence-corrected chi connectivity index (χ0v) is 17.9. The Hall–Kier alpha value is -2.25. The minimum absolute atomic E-state index is 0.0237. The maximum Gasteiger partial charge on any atom is 0.278 e. The summed E-state index contributed by atoms with van der Waals surface area (Å²) in [7, 11) is 0. The zero-order valence-electron chi connectivity index (χ0n) is 16.3. The van der Waals surface area contributed by atoms with Crippen molar-refractivity contribution in [2.45, 2.75) is 45.3 Å². The van der Waals surface area contributed by atoms with Crippen LogP contribution in [0.4, 0.5) is 5.69 Å². The van der Waals surface area contributed by atoms with E-state index in [2.05, 4.69) is 15.3 Å². The van der Waals surface area contributed by atoms with Gasteiger partial charge in [0, 0.05) is 11.7 Å². The summed E-state index contributed by atoms with van der Waals surface area (Å²) in [5.74, 6) is -0.0703. The van der Waals surface area contributed by atoms with Crippen LogP contribution in [0.25, 0.3) is 11.0 Å². The van der Waals surface area contributed by atoms with E-state index in [-0.39, 0.29) is 23.3 Å². The largest absolute Gasteiger partial charge is 0.353 e. The summed E-state index contributed by atoms with van der Waals surface area (Å²) in [6, 6.07) is 7.28. The number of carbonyl (C=O) groups is 1. The number of aromatic amines is 1. The summed E-state index contributed by atoms with van der Waals surface area (Å²) in [5.41, 5.74) is 3.38. The van der Waals surface area contributed by atoms with Gasteiger partial charge in [-0.2, -0.15) is 0 Å². The van der Waals surface area contributed by atoms with Crippen LogP contribution in [0.3, 0.4) is 0 Å². The molecule has 0 aliphatic heterocycles. The Balaban J connectivity index is 1.87. The van der Waals surface area contributed by atoms with Crippen molar-refractivity contribution in [3.8, 4) is 0 Å². The van der Waals surface area contributed by atoms with Crippen LogP contribution in [0.1, 0.15) is 37.6 Å². The van der Waals surface area contributed by atoms with Crippen molar-refractivity contribution in [2.75, 3.05) is 11.1 Å². The lowest BCUT2D eigenvalue weighted by Crippen LogP contribution is -2.26. The molecule has 3 aromatic rings. The van der Waals surface area contributed by atoms with Gasteiger partial charge in [0.05, 0.1) is 22.0 Å². The van der Waals surface area contributed by atoms with Gasteiger partial charge in [0.1, 0.15) is 5.52 Å². The first-order valence-electron chi connectivity index (χ1n) is 9.11. The molecule has 0 saturated carbocycles. The van der Waals surface area contributed by atoms with Crippen LogP contribution in [0.2, 0.25) is 5.02 Å². The number of aromatic nitrogens is 3. The van der Waals surface area contributed by atoms with Gasteiger partial charge in [-0.1, -0.05) is 42.4 Å². The first kappa shape index (κ1) is 20.5. The number of anilines is 1. The fourth-order valence-corrected chi connectivity index (χ4v) is 4.13. The third kappa shape index (κ3) is 4.10. The van der Waals surface area contributed by atoms with Crippen molar-refractivity contribution >= 4 is 46.0 Å². The molecule has 8 heteroatoms. The Morgan fingerprint density at radius 2 is 2.14 bits per heavy atom. The molecule has 2 heterocycles. The molecule has 0 radical (unpaired) electrons. The van der Waals surface area contributed by atoms with Gasteiger partial charge in [0.2, 0.25) is 5.91 Å². The van der Waals surface area contributed by atoms with Crippen LogP contribution in [-0.2, 0) is 4.79 Å². The second-order valence-corrected chi connectivity index (χ2v) is 8.16. The van der Waals surface area contributed by atoms with Gasteiger partial charge < -0.3 is 10.3 Å². The zero-order chi connectivity index (χ0) is 20.4. The van der Waals surface area contributed by atoms with Crippen LogP contribution in [-0.4, -0.2) is 26.2 Å². The standard InChI is InChI=1S/C20H23ClN4O2S/c1-5-13(4)25-19(27)18-15(9-12(3)22-18)23-20(25)28-10-16(26)24-17-11(2)7-6-8-14(17)21/h6-9,13,22H,5,10H2,1-4H3,(H,24,26)/t13-/m1/s1. The summed E-state index contributed by atoms with van der Waals surface area (Å²) in [6.45, 7) is 7.77. The quantitative estimate of drug-likeness (QED) is 0.449. The lowest BCUT2D eigenvalue weighted by atomic mass is 10.2. The monoisotopic (exact) mass is 418 g/mol. The highest BCUT2D eigenvalue weighted by Gasteiger charge is 2.18. The number of para-hydroxylation sites is 1. The summed E-state index contributed by atoms with van der Waals surface area (Å²) in [6.07, 6.45) is 0.783. The minimum atomic E-state index is -0.198. The van der Waals surface area contributed by atoms with Crippen LogP contribution in [0, 0.1) is 13.8 Å². The van der Waals surface area contributed by atoms with Gasteiger partial charge in [0.15, 0.2) is 5.16 Å². The van der Waals surface area contributed by atoms with Gasteiger partial charge in [-0.05, 0) is 44.9 Å². The maximum absolute atomic E-state index is 12.9. The molecule has 0 spiro atoms. The molecule has 1 atom stereocenters. The smallest absolute Gasteiger partial charge is 0.278 e. The van der Waals surface area contributed by atoms with E-state index in [1.165, 1.54) is 11.8 Å². The van der Waals surface area contributed by atoms with E-state index in [9.17, 15) is 9.59 Å². The van der Waals surface area contributed by atoms with E-state index < -0.39 is 0 Å². The number of halogens is 1. The van der Waals surface area contributed by atoms with Gasteiger partial charge in [-0.25, -0.2) is 4.98 Å². The first-order chi connectivity index (χ1) is 13.3. The molecular formula is C20H23ClN4O2S. The Morgan fingerprint density at radius 3 is 2.82 bits per heavy atom. The summed E-state index contributed by atoms with van der Waals surface area (Å²) in [4.78, 5) is 33.1. The number of nitrogens with one attached hydrogen (secondary N) is 2. The lowest BCUT2D eigenvalue weighted by molar-refractivity contribution is -0.113. The Labute approximate surface area is 172 Å². The van der Waals surface area contributed by atoms with Crippen LogP contribution in [0.15, 0.2) is 34.2 Å². The molecule has 0 bridgehead atoms. The number of nitrogens with zero attached hydrogens (tertiary/aromatic N) is 2. The van der Waals surface area contributed by atoms with Crippen LogP contribution >= 0.6 is 23.4 Å². The topological polar surface area (TPSA) is 79.8 Å². The van der Waals surface area contributed by atoms with Crippen molar-refractivity contribution < 1.29 is 4.79 Å². The molecule has 2 aromatic heterocycles. The molecule has 0 saturated heterocycles.